The number of carbonyl (C=O) groups is 1. The molecule has 4 atom stereocenters. The molecule has 1 amide bonds. The largest absolute Gasteiger partial charge is 0.388 e. The van der Waals surface area contributed by atoms with Crippen LogP contribution < -0.4 is 5.73 Å². The van der Waals surface area contributed by atoms with Crippen molar-refractivity contribution in [2.45, 2.75) is 37.9 Å². The molecule has 0 aliphatic carbocycles. The van der Waals surface area contributed by atoms with Crippen molar-refractivity contribution in [3.63, 3.8) is 0 Å². The number of thioether (sulfide) groups is 1. The maximum absolute atomic E-state index is 11.7. The number of aliphatic hydroxyl groups excluding tert-OH is 3. The van der Waals surface area contributed by atoms with Gasteiger partial charge in [-0.3, -0.25) is 4.79 Å². The van der Waals surface area contributed by atoms with Gasteiger partial charge >= 0.3 is 0 Å². The molecule has 1 aliphatic heterocycles. The first-order valence-electron chi connectivity index (χ1n) is 6.69. The molecule has 1 fully saturated rings. The zero-order valence-electron chi connectivity index (χ0n) is 11.6. The molecular weight excluding hydrogens is 284 g/mol. The Hall–Kier alpha value is -0.380. The van der Waals surface area contributed by atoms with Gasteiger partial charge in [0.05, 0.1) is 6.61 Å². The van der Waals surface area contributed by atoms with Gasteiger partial charge in [-0.05, 0) is 12.2 Å². The minimum absolute atomic E-state index is 0.103. The fourth-order valence-electron chi connectivity index (χ4n) is 2.05. The summed E-state index contributed by atoms with van der Waals surface area (Å²) >= 11 is 1.70. The maximum Gasteiger partial charge on any atom is 0.221 e. The first-order chi connectivity index (χ1) is 9.49. The maximum atomic E-state index is 11.7. The highest BCUT2D eigenvalue weighted by Gasteiger charge is 2.41. The summed E-state index contributed by atoms with van der Waals surface area (Å²) < 4.78 is 5.29. The molecule has 1 rings (SSSR count). The third kappa shape index (κ3) is 4.87. The van der Waals surface area contributed by atoms with Gasteiger partial charge in [0.15, 0.2) is 6.23 Å². The minimum Gasteiger partial charge on any atom is -0.388 e. The predicted octanol–water partition coefficient (Wildman–Crippen LogP) is -1.64. The Morgan fingerprint density at radius 3 is 2.65 bits per heavy atom. The van der Waals surface area contributed by atoms with E-state index >= 15 is 0 Å². The van der Waals surface area contributed by atoms with Crippen molar-refractivity contribution in [3.05, 3.63) is 0 Å². The van der Waals surface area contributed by atoms with Crippen molar-refractivity contribution in [1.29, 1.82) is 0 Å². The Labute approximate surface area is 123 Å². The molecule has 0 bridgehead atoms. The zero-order valence-corrected chi connectivity index (χ0v) is 12.5. The number of amides is 1. The van der Waals surface area contributed by atoms with E-state index in [0.29, 0.717) is 13.1 Å². The summed E-state index contributed by atoms with van der Waals surface area (Å²) in [5.74, 6) is 1.49. The molecule has 1 heterocycles. The Morgan fingerprint density at radius 1 is 1.35 bits per heavy atom. The third-order valence-electron chi connectivity index (χ3n) is 3.14. The van der Waals surface area contributed by atoms with Crippen molar-refractivity contribution < 1.29 is 24.9 Å². The lowest BCUT2D eigenvalue weighted by Crippen LogP contribution is -2.60. The van der Waals surface area contributed by atoms with Crippen LogP contribution in [0.1, 0.15) is 13.3 Å². The standard InChI is InChI=1S/C12H24N2O5S/c1-8(15)14(4-2-5-20-6-3-13)12-11(18)10(17)9(16)7-19-12/h9-12,16-18H,2-7,13H2,1H3. The summed E-state index contributed by atoms with van der Waals surface area (Å²) in [5, 5.41) is 29.0. The molecule has 0 aromatic rings. The fourth-order valence-corrected chi connectivity index (χ4v) is 2.76. The van der Waals surface area contributed by atoms with Crippen LogP contribution in [0.5, 0.6) is 0 Å². The topological polar surface area (TPSA) is 116 Å². The van der Waals surface area contributed by atoms with E-state index in [9.17, 15) is 20.1 Å². The Kier molecular flexibility index (Phi) is 7.78. The van der Waals surface area contributed by atoms with E-state index in [4.69, 9.17) is 10.5 Å². The van der Waals surface area contributed by atoms with Gasteiger partial charge in [0, 0.05) is 25.8 Å². The molecule has 4 unspecified atom stereocenters. The molecule has 0 saturated carbocycles. The molecule has 0 aromatic heterocycles. The van der Waals surface area contributed by atoms with Crippen LogP contribution in [-0.2, 0) is 9.53 Å². The van der Waals surface area contributed by atoms with E-state index in [1.54, 1.807) is 11.8 Å². The van der Waals surface area contributed by atoms with E-state index in [1.165, 1.54) is 11.8 Å². The average Bonchev–Trinajstić information content (AvgIpc) is 2.41. The monoisotopic (exact) mass is 308 g/mol. The molecule has 5 N–H and O–H groups in total. The van der Waals surface area contributed by atoms with Crippen molar-refractivity contribution in [3.8, 4) is 0 Å². The lowest BCUT2D eigenvalue weighted by Gasteiger charge is -2.41. The molecule has 0 spiro atoms. The van der Waals surface area contributed by atoms with Gasteiger partial charge in [0.25, 0.3) is 0 Å². The van der Waals surface area contributed by atoms with Crippen molar-refractivity contribution in [2.75, 3.05) is 31.2 Å². The SMILES string of the molecule is CC(=O)N(CCCSCCN)C1OCC(O)C(O)C1O. The van der Waals surface area contributed by atoms with Crippen molar-refractivity contribution in [2.24, 2.45) is 5.73 Å². The van der Waals surface area contributed by atoms with Gasteiger partial charge in [0.2, 0.25) is 5.91 Å². The molecule has 7 nitrogen and oxygen atoms in total. The summed E-state index contributed by atoms with van der Waals surface area (Å²) in [6.45, 7) is 2.34. The average molecular weight is 308 g/mol. The zero-order chi connectivity index (χ0) is 15.1. The molecule has 1 aliphatic rings. The normalized spacial score (nSPS) is 30.2. The lowest BCUT2D eigenvalue weighted by molar-refractivity contribution is -0.227. The van der Waals surface area contributed by atoms with Gasteiger partial charge in [0.1, 0.15) is 18.3 Å². The highest BCUT2D eigenvalue weighted by molar-refractivity contribution is 7.99. The second-order valence-corrected chi connectivity index (χ2v) is 5.96. The van der Waals surface area contributed by atoms with Crippen LogP contribution >= 0.6 is 11.8 Å². The van der Waals surface area contributed by atoms with E-state index < -0.39 is 24.5 Å². The Bertz CT molecular complexity index is 308. The summed E-state index contributed by atoms with van der Waals surface area (Å²) in [4.78, 5) is 13.1. The number of ether oxygens (including phenoxy) is 1. The molecule has 1 saturated heterocycles. The third-order valence-corrected chi connectivity index (χ3v) is 4.24. The smallest absolute Gasteiger partial charge is 0.221 e. The van der Waals surface area contributed by atoms with Crippen LogP contribution in [0.15, 0.2) is 0 Å². The number of hydrogen-bond acceptors (Lipinski definition) is 7. The number of nitrogens with two attached hydrogens (primary N) is 1. The van der Waals surface area contributed by atoms with Gasteiger partial charge in [-0.1, -0.05) is 0 Å². The van der Waals surface area contributed by atoms with E-state index in [0.717, 1.165) is 17.9 Å². The lowest BCUT2D eigenvalue weighted by atomic mass is 10.0. The Balaban J connectivity index is 2.51. The van der Waals surface area contributed by atoms with Crippen LogP contribution in [0.3, 0.4) is 0 Å². The second-order valence-electron chi connectivity index (χ2n) is 4.74. The second kappa shape index (κ2) is 8.81. The van der Waals surface area contributed by atoms with Gasteiger partial charge in [-0.15, -0.1) is 0 Å². The van der Waals surface area contributed by atoms with Gasteiger partial charge in [-0.25, -0.2) is 0 Å². The summed E-state index contributed by atoms with van der Waals surface area (Å²) in [5.41, 5.74) is 5.39. The molecule has 20 heavy (non-hydrogen) atoms. The van der Waals surface area contributed by atoms with Gasteiger partial charge in [-0.2, -0.15) is 11.8 Å². The van der Waals surface area contributed by atoms with Crippen LogP contribution in [0.4, 0.5) is 0 Å². The molecule has 0 aromatic carbocycles. The molecular formula is C12H24N2O5S. The summed E-state index contributed by atoms with van der Waals surface area (Å²) in [7, 11) is 0. The van der Waals surface area contributed by atoms with Crippen molar-refractivity contribution >= 4 is 17.7 Å². The number of aliphatic hydroxyl groups is 3. The molecule has 0 radical (unpaired) electrons. The predicted molar refractivity (Wildman–Crippen MR) is 76.1 cm³/mol. The highest BCUT2D eigenvalue weighted by Crippen LogP contribution is 2.19. The first kappa shape index (κ1) is 17.7. The van der Waals surface area contributed by atoms with Crippen LogP contribution in [0.25, 0.3) is 0 Å². The van der Waals surface area contributed by atoms with Crippen LogP contribution in [0, 0.1) is 0 Å². The van der Waals surface area contributed by atoms with Crippen LogP contribution in [-0.4, -0.2) is 81.9 Å². The van der Waals surface area contributed by atoms with Crippen LogP contribution in [0.2, 0.25) is 0 Å². The number of rotatable bonds is 7. The molecule has 118 valence electrons. The summed E-state index contributed by atoms with van der Waals surface area (Å²) in [6, 6.07) is 0. The fraction of sp³-hybridized carbons (Fsp3) is 0.917. The molecule has 8 heteroatoms. The minimum atomic E-state index is -1.31. The Morgan fingerprint density at radius 2 is 2.05 bits per heavy atom. The summed E-state index contributed by atoms with van der Waals surface area (Å²) in [6.07, 6.45) is -3.91. The first-order valence-corrected chi connectivity index (χ1v) is 7.85. The number of hydrogen-bond donors (Lipinski definition) is 4. The number of nitrogens with zero attached hydrogens (tertiary/aromatic N) is 1. The van der Waals surface area contributed by atoms with Crippen molar-refractivity contribution in [1.82, 2.24) is 4.90 Å². The van der Waals surface area contributed by atoms with E-state index in [2.05, 4.69) is 0 Å². The van der Waals surface area contributed by atoms with Gasteiger partial charge < -0.3 is 30.7 Å². The highest BCUT2D eigenvalue weighted by atomic mass is 32.2. The van der Waals surface area contributed by atoms with E-state index in [1.807, 2.05) is 0 Å². The van der Waals surface area contributed by atoms with E-state index in [-0.39, 0.29) is 12.5 Å². The number of carbonyl (C=O) groups excluding carboxylic acids is 1. The quantitative estimate of drug-likeness (QED) is 0.417.